The van der Waals surface area contributed by atoms with E-state index in [0.29, 0.717) is 22.5 Å². The molecule has 0 saturated heterocycles. The molecule has 8 aromatic carbocycles. The van der Waals surface area contributed by atoms with E-state index in [1.54, 1.807) is 0 Å². The molecule has 0 radical (unpaired) electrons. The number of nitriles is 2. The zero-order valence-corrected chi connectivity index (χ0v) is 47.2. The van der Waals surface area contributed by atoms with Crippen molar-refractivity contribution >= 4 is 85.2 Å². The summed E-state index contributed by atoms with van der Waals surface area (Å²) in [7, 11) is -7.89. The molecule has 0 atom stereocenters. The molecule has 0 saturated carbocycles. The summed E-state index contributed by atoms with van der Waals surface area (Å²) in [6, 6.07) is 60.8. The summed E-state index contributed by atoms with van der Waals surface area (Å²) in [4.78, 5) is 7.17. The molecular formula is C64H60N4Si4. The highest BCUT2D eigenvalue weighted by atomic mass is 28.3. The molecule has 2 aliphatic rings. The predicted octanol–water partition coefficient (Wildman–Crippen LogP) is 11.3. The van der Waals surface area contributed by atoms with E-state index in [2.05, 4.69) is 197 Å². The lowest BCUT2D eigenvalue weighted by atomic mass is 10.0. The summed E-state index contributed by atoms with van der Waals surface area (Å²) in [5, 5.41) is 30.0. The third kappa shape index (κ3) is 8.76. The predicted molar refractivity (Wildman–Crippen MR) is 314 cm³/mol. The zero-order valence-electron chi connectivity index (χ0n) is 43.2. The molecule has 10 rings (SSSR count). The van der Waals surface area contributed by atoms with Gasteiger partial charge in [-0.05, 0) is 95.5 Å². The van der Waals surface area contributed by atoms with Crippen LogP contribution in [-0.2, 0) is 12.8 Å². The van der Waals surface area contributed by atoms with Crippen molar-refractivity contribution in [2.75, 3.05) is 0 Å². The molecule has 2 aliphatic carbocycles. The lowest BCUT2D eigenvalue weighted by molar-refractivity contribution is 1.27. The van der Waals surface area contributed by atoms with Crippen molar-refractivity contribution in [2.24, 2.45) is 0 Å². The maximum absolute atomic E-state index is 9.29. The van der Waals surface area contributed by atoms with Crippen LogP contribution in [-0.4, -0.2) is 32.3 Å². The highest BCUT2D eigenvalue weighted by Gasteiger charge is 2.38. The van der Waals surface area contributed by atoms with Crippen molar-refractivity contribution in [1.82, 2.24) is 0 Å². The van der Waals surface area contributed by atoms with Gasteiger partial charge in [-0.15, -0.1) is 0 Å². The number of rotatable bonds is 8. The van der Waals surface area contributed by atoms with Gasteiger partial charge in [-0.25, -0.2) is 9.69 Å². The first-order chi connectivity index (χ1) is 34.3. The molecule has 0 N–H and O–H groups in total. The minimum Gasteiger partial charge on any atom is -0.238 e. The number of aryl methyl sites for hydroxylation is 2. The fraction of sp³-hybridized carbons (Fsp3) is 0.188. The van der Waals surface area contributed by atoms with Crippen LogP contribution in [0.25, 0.3) is 31.9 Å². The average Bonchev–Trinajstić information content (AvgIpc) is 3.96. The molecule has 352 valence electrons. The van der Waals surface area contributed by atoms with Gasteiger partial charge in [0.15, 0.2) is 11.4 Å². The maximum atomic E-state index is 9.29. The summed E-state index contributed by atoms with van der Waals surface area (Å²) in [6.45, 7) is 38.5. The van der Waals surface area contributed by atoms with Crippen LogP contribution in [0.5, 0.6) is 0 Å². The SMILES string of the molecule is [C-]#[N+]c1ccc([Si](C)(C)c2cc(C)cc3c2Cc2c-3cc(C)cc2[Si](C)(C)c2ccc(C#N)cc2)cc1.[C-]#[N+]c1ccc([Si](C)(C)c2cccc3c2Cc2c-3cccc2[Si](C)(C)c2ccc(C#N)cc2)cc1. The molecule has 0 heterocycles. The molecule has 72 heavy (non-hydrogen) atoms. The minimum atomic E-state index is -2.00. The first-order valence-electron chi connectivity index (χ1n) is 24.8. The van der Waals surface area contributed by atoms with Crippen LogP contribution < -0.4 is 41.5 Å². The van der Waals surface area contributed by atoms with E-state index in [1.165, 1.54) is 97.1 Å². The molecule has 0 aliphatic heterocycles. The van der Waals surface area contributed by atoms with Crippen LogP contribution in [0.4, 0.5) is 11.4 Å². The van der Waals surface area contributed by atoms with Gasteiger partial charge >= 0.3 is 0 Å². The number of nitrogens with zero attached hydrogens (tertiary/aromatic N) is 4. The Morgan fingerprint density at radius 3 is 0.972 bits per heavy atom. The third-order valence-corrected chi connectivity index (χ3v) is 30.4. The van der Waals surface area contributed by atoms with E-state index in [1.807, 2.05) is 48.5 Å². The monoisotopic (exact) mass is 996 g/mol. The standard InChI is InChI=1S/C33H32N2Si2.C31H28N2Si2/c1-22-16-28-29-17-23(2)19-33(37(6,7)27-14-10-25(35-3)11-15-27)31(29)20-30(28)32(18-22)36(4,5)26-12-8-24(21-34)9-13-26;1-33-23-14-18-25(19-15-23)35(4,5)31-11-7-9-27-26-8-6-10-30(28(26)20-29(27)31)34(2,3)24-16-12-22(21-32)13-17-24/h8-19H,20H2,1-2,4-7H3;6-19H,20H2,2-5H3. The molecule has 8 aromatic rings. The van der Waals surface area contributed by atoms with Crippen LogP contribution >= 0.6 is 0 Å². The molecule has 0 amide bonds. The Kier molecular flexibility index (Phi) is 13.1. The Bertz CT molecular complexity index is 3370. The lowest BCUT2D eigenvalue weighted by Gasteiger charge is -2.28. The topological polar surface area (TPSA) is 56.3 Å². The van der Waals surface area contributed by atoms with Crippen LogP contribution in [0.3, 0.4) is 0 Å². The van der Waals surface area contributed by atoms with Gasteiger partial charge in [-0.1, -0.05) is 238 Å². The molecule has 8 heteroatoms. The number of hydrogen-bond donors (Lipinski definition) is 0. The second kappa shape index (κ2) is 19.0. The highest BCUT2D eigenvalue weighted by molar-refractivity contribution is 7.02. The summed E-state index contributed by atoms with van der Waals surface area (Å²) in [5.41, 5.74) is 16.9. The van der Waals surface area contributed by atoms with Crippen LogP contribution in [0.2, 0.25) is 52.4 Å². The summed E-state index contributed by atoms with van der Waals surface area (Å²) in [5.74, 6) is 0. The average molecular weight is 998 g/mol. The van der Waals surface area contributed by atoms with Crippen LogP contribution in [0.1, 0.15) is 44.5 Å². The maximum Gasteiger partial charge on any atom is 0.187 e. The van der Waals surface area contributed by atoms with E-state index in [4.69, 9.17) is 13.1 Å². The van der Waals surface area contributed by atoms with E-state index in [0.717, 1.165) is 12.8 Å². The molecule has 0 bridgehead atoms. The molecule has 0 unspecified atom stereocenters. The first-order valence-corrected chi connectivity index (χ1v) is 36.8. The van der Waals surface area contributed by atoms with Crippen LogP contribution in [0, 0.1) is 49.7 Å². The normalized spacial score (nSPS) is 12.4. The Labute approximate surface area is 431 Å². The van der Waals surface area contributed by atoms with Gasteiger partial charge in [0.2, 0.25) is 0 Å². The number of hydrogen-bond acceptors (Lipinski definition) is 2. The summed E-state index contributed by atoms with van der Waals surface area (Å²) >= 11 is 0. The minimum absolute atomic E-state index is 0.698. The van der Waals surface area contributed by atoms with Crippen molar-refractivity contribution in [2.45, 2.75) is 79.1 Å². The van der Waals surface area contributed by atoms with Gasteiger partial charge < -0.3 is 0 Å². The summed E-state index contributed by atoms with van der Waals surface area (Å²) in [6.07, 6.45) is 1.94. The smallest absolute Gasteiger partial charge is 0.187 e. The Morgan fingerprint density at radius 2 is 0.667 bits per heavy atom. The number of fused-ring (bicyclic) bond motifs is 6. The quantitative estimate of drug-likeness (QED) is 0.112. The van der Waals surface area contributed by atoms with Gasteiger partial charge in [0.05, 0.1) is 36.4 Å². The van der Waals surface area contributed by atoms with Crippen molar-refractivity contribution in [3.05, 3.63) is 225 Å². The van der Waals surface area contributed by atoms with Crippen molar-refractivity contribution in [1.29, 1.82) is 10.5 Å². The van der Waals surface area contributed by atoms with Gasteiger partial charge in [0, 0.05) is 0 Å². The van der Waals surface area contributed by atoms with E-state index in [9.17, 15) is 10.5 Å². The molecule has 0 fully saturated rings. The Balaban J connectivity index is 0.000000178. The fourth-order valence-electron chi connectivity index (χ4n) is 11.6. The molecule has 0 aromatic heterocycles. The van der Waals surface area contributed by atoms with Gasteiger partial charge in [-0.2, -0.15) is 10.5 Å². The fourth-order valence-corrected chi connectivity index (χ4v) is 23.0. The van der Waals surface area contributed by atoms with E-state index in [-0.39, 0.29) is 0 Å². The Morgan fingerprint density at radius 1 is 0.375 bits per heavy atom. The third-order valence-electron chi connectivity index (χ3n) is 16.0. The second-order valence-electron chi connectivity index (χ2n) is 21.9. The summed E-state index contributed by atoms with van der Waals surface area (Å²) < 4.78 is 0. The molecule has 0 spiro atoms. The lowest BCUT2D eigenvalue weighted by Crippen LogP contribution is -2.55. The van der Waals surface area contributed by atoms with E-state index < -0.39 is 32.3 Å². The first kappa shape index (κ1) is 49.6. The highest BCUT2D eigenvalue weighted by Crippen LogP contribution is 2.39. The molecule has 4 nitrogen and oxygen atoms in total. The van der Waals surface area contributed by atoms with Crippen molar-refractivity contribution in [3.63, 3.8) is 0 Å². The zero-order chi connectivity index (χ0) is 51.3. The molecular weight excluding hydrogens is 937 g/mol. The second-order valence-corrected chi connectivity index (χ2v) is 39.4. The van der Waals surface area contributed by atoms with Crippen molar-refractivity contribution < 1.29 is 0 Å². The Hall–Kier alpha value is -7.41. The van der Waals surface area contributed by atoms with Gasteiger partial charge in [-0.3, -0.25) is 0 Å². The van der Waals surface area contributed by atoms with Gasteiger partial charge in [0.1, 0.15) is 32.3 Å². The van der Waals surface area contributed by atoms with Crippen molar-refractivity contribution in [3.8, 4) is 34.4 Å². The van der Waals surface area contributed by atoms with Gasteiger partial charge in [0.25, 0.3) is 0 Å². The largest absolute Gasteiger partial charge is 0.238 e. The van der Waals surface area contributed by atoms with Crippen LogP contribution in [0.15, 0.2) is 158 Å². The number of benzene rings is 8. The van der Waals surface area contributed by atoms with E-state index >= 15 is 0 Å².